The standard InChI is InChI=1S/C20H22ClNO3/c1-2-25-17-12-14(11-16(21)18(17)23)19(24)22-13-20(9-6-10-20)15-7-4-3-5-8-15/h3-5,7-8,11-12,23H,2,6,9-10,13H2,1H3,(H,22,24). The number of hydrogen-bond acceptors (Lipinski definition) is 3. The van der Waals surface area contributed by atoms with Crippen LogP contribution >= 0.6 is 11.6 Å². The molecule has 1 saturated carbocycles. The van der Waals surface area contributed by atoms with Crippen LogP contribution in [0.1, 0.15) is 42.1 Å². The lowest BCUT2D eigenvalue weighted by Gasteiger charge is -2.42. The number of aromatic hydroxyl groups is 1. The molecule has 0 radical (unpaired) electrons. The molecule has 2 aromatic rings. The molecule has 0 bridgehead atoms. The molecule has 0 unspecified atom stereocenters. The van der Waals surface area contributed by atoms with Crippen LogP contribution in [-0.2, 0) is 5.41 Å². The van der Waals surface area contributed by atoms with Crippen molar-refractivity contribution in [3.8, 4) is 11.5 Å². The van der Waals surface area contributed by atoms with Gasteiger partial charge in [-0.25, -0.2) is 0 Å². The Morgan fingerprint density at radius 3 is 2.60 bits per heavy atom. The first-order valence-corrected chi connectivity index (χ1v) is 8.92. The first kappa shape index (κ1) is 17.6. The van der Waals surface area contributed by atoms with E-state index in [0.29, 0.717) is 18.7 Å². The van der Waals surface area contributed by atoms with E-state index >= 15 is 0 Å². The van der Waals surface area contributed by atoms with Crippen LogP contribution in [-0.4, -0.2) is 24.2 Å². The van der Waals surface area contributed by atoms with Crippen LogP contribution in [0.15, 0.2) is 42.5 Å². The van der Waals surface area contributed by atoms with Crippen molar-refractivity contribution in [2.75, 3.05) is 13.2 Å². The molecule has 2 N–H and O–H groups in total. The Balaban J connectivity index is 1.74. The lowest BCUT2D eigenvalue weighted by molar-refractivity contribution is 0.0927. The van der Waals surface area contributed by atoms with Gasteiger partial charge in [0.1, 0.15) is 0 Å². The minimum atomic E-state index is -0.218. The van der Waals surface area contributed by atoms with Gasteiger partial charge in [-0.2, -0.15) is 0 Å². The van der Waals surface area contributed by atoms with E-state index in [0.717, 1.165) is 12.8 Å². The molecule has 25 heavy (non-hydrogen) atoms. The van der Waals surface area contributed by atoms with Crippen molar-refractivity contribution in [3.05, 3.63) is 58.6 Å². The van der Waals surface area contributed by atoms with Crippen molar-refractivity contribution in [2.45, 2.75) is 31.6 Å². The van der Waals surface area contributed by atoms with E-state index in [-0.39, 0.29) is 27.8 Å². The Hall–Kier alpha value is -2.20. The van der Waals surface area contributed by atoms with Crippen molar-refractivity contribution in [2.24, 2.45) is 0 Å². The van der Waals surface area contributed by atoms with Crippen molar-refractivity contribution >= 4 is 17.5 Å². The van der Waals surface area contributed by atoms with Gasteiger partial charge in [-0.15, -0.1) is 0 Å². The maximum absolute atomic E-state index is 12.6. The smallest absolute Gasteiger partial charge is 0.251 e. The largest absolute Gasteiger partial charge is 0.503 e. The summed E-state index contributed by atoms with van der Waals surface area (Å²) in [5.41, 5.74) is 1.66. The van der Waals surface area contributed by atoms with E-state index in [2.05, 4.69) is 17.4 Å². The summed E-state index contributed by atoms with van der Waals surface area (Å²) < 4.78 is 5.34. The number of benzene rings is 2. The van der Waals surface area contributed by atoms with Gasteiger partial charge in [0.25, 0.3) is 5.91 Å². The van der Waals surface area contributed by atoms with E-state index in [9.17, 15) is 9.90 Å². The summed E-state index contributed by atoms with van der Waals surface area (Å²) in [5, 5.41) is 13.0. The minimum Gasteiger partial charge on any atom is -0.503 e. The Labute approximate surface area is 152 Å². The highest BCUT2D eigenvalue weighted by molar-refractivity contribution is 6.32. The summed E-state index contributed by atoms with van der Waals surface area (Å²) in [6.45, 7) is 2.77. The fourth-order valence-corrected chi connectivity index (χ4v) is 3.50. The lowest BCUT2D eigenvalue weighted by Crippen LogP contribution is -2.45. The highest BCUT2D eigenvalue weighted by Gasteiger charge is 2.38. The molecule has 0 aromatic heterocycles. The highest BCUT2D eigenvalue weighted by Crippen LogP contribution is 2.43. The summed E-state index contributed by atoms with van der Waals surface area (Å²) in [4.78, 5) is 12.6. The van der Waals surface area contributed by atoms with E-state index in [4.69, 9.17) is 16.3 Å². The predicted molar refractivity (Wildman–Crippen MR) is 98.6 cm³/mol. The van der Waals surface area contributed by atoms with E-state index in [1.165, 1.54) is 24.1 Å². The Bertz CT molecular complexity index is 757. The predicted octanol–water partition coefficient (Wildman–Crippen LogP) is 4.30. The van der Waals surface area contributed by atoms with Crippen molar-refractivity contribution in [1.29, 1.82) is 0 Å². The zero-order valence-corrected chi connectivity index (χ0v) is 15.0. The molecular formula is C20H22ClNO3. The van der Waals surface area contributed by atoms with Crippen molar-refractivity contribution in [3.63, 3.8) is 0 Å². The first-order chi connectivity index (χ1) is 12.1. The second-order valence-corrected chi connectivity index (χ2v) is 6.83. The average Bonchev–Trinajstić information content (AvgIpc) is 2.58. The van der Waals surface area contributed by atoms with Crippen LogP contribution in [0, 0.1) is 0 Å². The van der Waals surface area contributed by atoms with Gasteiger partial charge in [-0.05, 0) is 37.5 Å². The SMILES string of the molecule is CCOc1cc(C(=O)NCC2(c3ccccc3)CCC2)cc(Cl)c1O. The maximum Gasteiger partial charge on any atom is 0.251 e. The monoisotopic (exact) mass is 359 g/mol. The second-order valence-electron chi connectivity index (χ2n) is 6.42. The van der Waals surface area contributed by atoms with Crippen LogP contribution < -0.4 is 10.1 Å². The van der Waals surface area contributed by atoms with Gasteiger partial charge in [0.05, 0.1) is 11.6 Å². The van der Waals surface area contributed by atoms with Crippen LogP contribution in [0.25, 0.3) is 0 Å². The van der Waals surface area contributed by atoms with Gasteiger partial charge in [-0.1, -0.05) is 48.4 Å². The quantitative estimate of drug-likeness (QED) is 0.808. The van der Waals surface area contributed by atoms with Gasteiger partial charge in [0.15, 0.2) is 11.5 Å². The molecule has 0 atom stereocenters. The molecule has 1 amide bonds. The van der Waals surface area contributed by atoms with Crippen LogP contribution in [0.5, 0.6) is 11.5 Å². The summed E-state index contributed by atoms with van der Waals surface area (Å²) in [6, 6.07) is 13.3. The molecule has 0 saturated heterocycles. The maximum atomic E-state index is 12.6. The lowest BCUT2D eigenvalue weighted by atomic mass is 9.64. The second kappa shape index (κ2) is 7.36. The number of halogens is 1. The third-order valence-corrected chi connectivity index (χ3v) is 5.16. The number of amides is 1. The van der Waals surface area contributed by atoms with Crippen molar-refractivity contribution < 1.29 is 14.6 Å². The summed E-state index contributed by atoms with van der Waals surface area (Å²) in [6.07, 6.45) is 3.31. The fourth-order valence-electron chi connectivity index (χ4n) is 3.28. The highest BCUT2D eigenvalue weighted by atomic mass is 35.5. The molecule has 0 spiro atoms. The number of phenols is 1. The van der Waals surface area contributed by atoms with Gasteiger partial charge in [0.2, 0.25) is 0 Å². The third kappa shape index (κ3) is 3.59. The number of carbonyl (C=O) groups is 1. The van der Waals surface area contributed by atoms with Crippen LogP contribution in [0.3, 0.4) is 0 Å². The first-order valence-electron chi connectivity index (χ1n) is 8.55. The number of carbonyl (C=O) groups excluding carboxylic acids is 1. The zero-order chi connectivity index (χ0) is 17.9. The summed E-state index contributed by atoms with van der Waals surface area (Å²) in [5.74, 6) is -0.133. The molecule has 1 fully saturated rings. The summed E-state index contributed by atoms with van der Waals surface area (Å²) >= 11 is 6.01. The number of phenolic OH excluding ortho intramolecular Hbond substituents is 1. The van der Waals surface area contributed by atoms with E-state index < -0.39 is 0 Å². The van der Waals surface area contributed by atoms with E-state index in [1.54, 1.807) is 6.92 Å². The molecule has 5 heteroatoms. The van der Waals surface area contributed by atoms with Crippen molar-refractivity contribution in [1.82, 2.24) is 5.32 Å². The number of nitrogens with one attached hydrogen (secondary N) is 1. The summed E-state index contributed by atoms with van der Waals surface area (Å²) in [7, 11) is 0. The molecule has 0 aliphatic heterocycles. The normalized spacial score (nSPS) is 15.3. The topological polar surface area (TPSA) is 58.6 Å². The molecule has 1 aliphatic rings. The van der Waals surface area contributed by atoms with Gasteiger partial charge < -0.3 is 15.2 Å². The Kier molecular flexibility index (Phi) is 5.19. The Morgan fingerprint density at radius 2 is 2.00 bits per heavy atom. The molecule has 2 aromatic carbocycles. The number of rotatable bonds is 6. The minimum absolute atomic E-state index is 0.0143. The fraction of sp³-hybridized carbons (Fsp3) is 0.350. The van der Waals surface area contributed by atoms with Crippen LogP contribution in [0.4, 0.5) is 0 Å². The van der Waals surface area contributed by atoms with Gasteiger partial charge in [0, 0.05) is 17.5 Å². The molecule has 4 nitrogen and oxygen atoms in total. The van der Waals surface area contributed by atoms with Gasteiger partial charge in [-0.3, -0.25) is 4.79 Å². The third-order valence-electron chi connectivity index (χ3n) is 4.87. The molecule has 132 valence electrons. The number of hydrogen-bond donors (Lipinski definition) is 2. The molecule has 1 aliphatic carbocycles. The zero-order valence-electron chi connectivity index (χ0n) is 14.2. The number of ether oxygens (including phenoxy) is 1. The molecule has 0 heterocycles. The van der Waals surface area contributed by atoms with E-state index in [1.807, 2.05) is 18.2 Å². The Morgan fingerprint density at radius 1 is 1.28 bits per heavy atom. The molecular weight excluding hydrogens is 338 g/mol. The average molecular weight is 360 g/mol. The molecule has 3 rings (SSSR count). The van der Waals surface area contributed by atoms with Crippen LogP contribution in [0.2, 0.25) is 5.02 Å². The van der Waals surface area contributed by atoms with Gasteiger partial charge >= 0.3 is 0 Å².